The van der Waals surface area contributed by atoms with Crippen LogP contribution in [0.2, 0.25) is 0 Å². The molecule has 0 aliphatic carbocycles. The van der Waals surface area contributed by atoms with Gasteiger partial charge in [0, 0.05) is 6.54 Å². The van der Waals surface area contributed by atoms with Crippen LogP contribution in [0.4, 0.5) is 0 Å². The van der Waals surface area contributed by atoms with Crippen LogP contribution in [0.3, 0.4) is 0 Å². The molecule has 0 amide bonds. The molecule has 0 saturated heterocycles. The molecular formula is C15H23NO4. The van der Waals surface area contributed by atoms with Crippen molar-refractivity contribution in [2.75, 3.05) is 20.3 Å². The zero-order valence-electron chi connectivity index (χ0n) is 12.1. The maximum Gasteiger partial charge on any atom is 0.311 e. The molecule has 0 saturated carbocycles. The number of carbonyl (C=O) groups is 1. The smallest absolute Gasteiger partial charge is 0.311 e. The van der Waals surface area contributed by atoms with Crippen molar-refractivity contribution in [3.63, 3.8) is 0 Å². The molecular weight excluding hydrogens is 258 g/mol. The minimum absolute atomic E-state index is 0.127. The highest BCUT2D eigenvalue weighted by molar-refractivity contribution is 5.74. The van der Waals surface area contributed by atoms with E-state index < -0.39 is 11.4 Å². The molecule has 1 atom stereocenters. The Hall–Kier alpha value is -1.75. The van der Waals surface area contributed by atoms with Gasteiger partial charge in [-0.15, -0.1) is 0 Å². The van der Waals surface area contributed by atoms with E-state index in [9.17, 15) is 9.90 Å². The van der Waals surface area contributed by atoms with Crippen LogP contribution in [0.5, 0.6) is 11.5 Å². The minimum Gasteiger partial charge on any atom is -0.497 e. The summed E-state index contributed by atoms with van der Waals surface area (Å²) in [6.07, 6.45) is 1.75. The van der Waals surface area contributed by atoms with Gasteiger partial charge >= 0.3 is 5.97 Å². The van der Waals surface area contributed by atoms with E-state index in [1.54, 1.807) is 31.4 Å². The predicted octanol–water partition coefficient (Wildman–Crippen LogP) is 2.29. The first kappa shape index (κ1) is 16.3. The highest BCUT2D eigenvalue weighted by atomic mass is 16.5. The standard InChI is InChI=1S/C15H23NO4/c1-3-8-15(11-16,14(17)18)9-10-20-13-6-4-12(19-2)5-7-13/h4-7H,3,8-11,16H2,1-2H3,(H,17,18). The van der Waals surface area contributed by atoms with E-state index in [0.717, 1.165) is 12.2 Å². The molecule has 5 nitrogen and oxygen atoms in total. The number of carboxylic acid groups (broad SMARTS) is 1. The molecule has 0 radical (unpaired) electrons. The van der Waals surface area contributed by atoms with Crippen LogP contribution < -0.4 is 15.2 Å². The van der Waals surface area contributed by atoms with Gasteiger partial charge in [-0.3, -0.25) is 4.79 Å². The van der Waals surface area contributed by atoms with Gasteiger partial charge in [-0.2, -0.15) is 0 Å². The van der Waals surface area contributed by atoms with Crippen molar-refractivity contribution >= 4 is 5.97 Å². The van der Waals surface area contributed by atoms with Gasteiger partial charge < -0.3 is 20.3 Å². The van der Waals surface area contributed by atoms with E-state index in [1.807, 2.05) is 6.92 Å². The highest BCUT2D eigenvalue weighted by Gasteiger charge is 2.36. The average Bonchev–Trinajstić information content (AvgIpc) is 2.46. The average molecular weight is 281 g/mol. The Bertz CT molecular complexity index is 418. The normalized spacial score (nSPS) is 13.6. The van der Waals surface area contributed by atoms with E-state index in [4.69, 9.17) is 15.2 Å². The van der Waals surface area contributed by atoms with Crippen LogP contribution in [0.25, 0.3) is 0 Å². The number of hydrogen-bond acceptors (Lipinski definition) is 4. The number of hydrogen-bond donors (Lipinski definition) is 2. The minimum atomic E-state index is -0.888. The van der Waals surface area contributed by atoms with Gasteiger partial charge in [0.15, 0.2) is 0 Å². The molecule has 0 bridgehead atoms. The summed E-state index contributed by atoms with van der Waals surface area (Å²) in [6, 6.07) is 7.19. The molecule has 1 unspecified atom stereocenters. The quantitative estimate of drug-likeness (QED) is 0.725. The van der Waals surface area contributed by atoms with E-state index >= 15 is 0 Å². The summed E-state index contributed by atoms with van der Waals surface area (Å²) < 4.78 is 10.6. The van der Waals surface area contributed by atoms with E-state index in [2.05, 4.69) is 0 Å². The lowest BCUT2D eigenvalue weighted by Crippen LogP contribution is -2.39. The molecule has 1 aromatic carbocycles. The Morgan fingerprint density at radius 3 is 2.30 bits per heavy atom. The third kappa shape index (κ3) is 4.13. The van der Waals surface area contributed by atoms with E-state index in [1.165, 1.54) is 0 Å². The van der Waals surface area contributed by atoms with Crippen molar-refractivity contribution in [3.8, 4) is 11.5 Å². The van der Waals surface area contributed by atoms with Crippen LogP contribution >= 0.6 is 0 Å². The highest BCUT2D eigenvalue weighted by Crippen LogP contribution is 2.28. The molecule has 112 valence electrons. The van der Waals surface area contributed by atoms with Crippen LogP contribution in [-0.2, 0) is 4.79 Å². The summed E-state index contributed by atoms with van der Waals surface area (Å²) in [5, 5.41) is 9.37. The van der Waals surface area contributed by atoms with Crippen molar-refractivity contribution < 1.29 is 19.4 Å². The molecule has 0 spiro atoms. The molecule has 0 aliphatic heterocycles. The maximum atomic E-state index is 11.4. The van der Waals surface area contributed by atoms with Gasteiger partial charge in [-0.1, -0.05) is 13.3 Å². The van der Waals surface area contributed by atoms with Gasteiger partial charge in [0.05, 0.1) is 19.1 Å². The molecule has 1 rings (SSSR count). The van der Waals surface area contributed by atoms with Crippen LogP contribution in [0, 0.1) is 5.41 Å². The van der Waals surface area contributed by atoms with Crippen LogP contribution in [0.1, 0.15) is 26.2 Å². The van der Waals surface area contributed by atoms with Crippen molar-refractivity contribution in [1.29, 1.82) is 0 Å². The van der Waals surface area contributed by atoms with Gasteiger partial charge in [0.1, 0.15) is 11.5 Å². The Morgan fingerprint density at radius 1 is 1.25 bits per heavy atom. The summed E-state index contributed by atoms with van der Waals surface area (Å²) in [5.74, 6) is 0.601. The van der Waals surface area contributed by atoms with E-state index in [-0.39, 0.29) is 6.54 Å². The number of rotatable bonds is 9. The van der Waals surface area contributed by atoms with E-state index in [0.29, 0.717) is 25.2 Å². The molecule has 5 heteroatoms. The third-order valence-corrected chi connectivity index (χ3v) is 3.48. The molecule has 20 heavy (non-hydrogen) atoms. The Balaban J connectivity index is 2.57. The zero-order valence-corrected chi connectivity index (χ0v) is 12.1. The summed E-state index contributed by atoms with van der Waals surface area (Å²) in [7, 11) is 1.60. The Labute approximate surface area is 119 Å². The number of methoxy groups -OCH3 is 1. The van der Waals surface area contributed by atoms with Gasteiger partial charge in [0.2, 0.25) is 0 Å². The molecule has 0 fully saturated rings. The fraction of sp³-hybridized carbons (Fsp3) is 0.533. The first-order valence-corrected chi connectivity index (χ1v) is 6.78. The summed E-state index contributed by atoms with van der Waals surface area (Å²) in [6.45, 7) is 2.41. The Morgan fingerprint density at radius 2 is 1.85 bits per heavy atom. The van der Waals surface area contributed by atoms with Crippen molar-refractivity contribution in [3.05, 3.63) is 24.3 Å². The third-order valence-electron chi connectivity index (χ3n) is 3.48. The SMILES string of the molecule is CCCC(CN)(CCOc1ccc(OC)cc1)C(=O)O. The van der Waals surface area contributed by atoms with Crippen molar-refractivity contribution in [2.45, 2.75) is 26.2 Å². The van der Waals surface area contributed by atoms with Crippen LogP contribution in [0.15, 0.2) is 24.3 Å². The van der Waals surface area contributed by atoms with Gasteiger partial charge in [-0.25, -0.2) is 0 Å². The fourth-order valence-electron chi connectivity index (χ4n) is 2.15. The topological polar surface area (TPSA) is 81.8 Å². The number of nitrogens with two attached hydrogens (primary N) is 1. The summed E-state index contributed by atoms with van der Waals surface area (Å²) in [5.41, 5.74) is 4.77. The first-order chi connectivity index (χ1) is 9.57. The molecule has 3 N–H and O–H groups in total. The van der Waals surface area contributed by atoms with Crippen LogP contribution in [-0.4, -0.2) is 31.3 Å². The second kappa shape index (κ2) is 7.75. The lowest BCUT2D eigenvalue weighted by Gasteiger charge is -2.27. The largest absolute Gasteiger partial charge is 0.497 e. The summed E-state index contributed by atoms with van der Waals surface area (Å²) in [4.78, 5) is 11.4. The first-order valence-electron chi connectivity index (χ1n) is 6.78. The lowest BCUT2D eigenvalue weighted by atomic mass is 9.80. The molecule has 0 aliphatic rings. The summed E-state index contributed by atoms with van der Waals surface area (Å²) >= 11 is 0. The number of benzene rings is 1. The zero-order chi connectivity index (χ0) is 15.0. The lowest BCUT2D eigenvalue weighted by molar-refractivity contribution is -0.149. The van der Waals surface area contributed by atoms with Gasteiger partial charge in [0.25, 0.3) is 0 Å². The van der Waals surface area contributed by atoms with Gasteiger partial charge in [-0.05, 0) is 37.1 Å². The number of carboxylic acids is 1. The van der Waals surface area contributed by atoms with Crippen molar-refractivity contribution in [2.24, 2.45) is 11.1 Å². The molecule has 0 heterocycles. The second-order valence-electron chi connectivity index (χ2n) is 4.81. The second-order valence-corrected chi connectivity index (χ2v) is 4.81. The fourth-order valence-corrected chi connectivity index (χ4v) is 2.15. The molecule has 1 aromatic rings. The monoisotopic (exact) mass is 281 g/mol. The predicted molar refractivity (Wildman–Crippen MR) is 77.1 cm³/mol. The maximum absolute atomic E-state index is 11.4. The molecule has 0 aromatic heterocycles. The van der Waals surface area contributed by atoms with Crippen molar-refractivity contribution in [1.82, 2.24) is 0 Å². The number of aliphatic carboxylic acids is 1. The Kier molecular flexibility index (Phi) is 6.31. The number of ether oxygens (including phenoxy) is 2.